The second-order valence-electron chi connectivity index (χ2n) is 8.53. The molecule has 168 valence electrons. The van der Waals surface area contributed by atoms with Crippen molar-refractivity contribution >= 4 is 11.6 Å². The number of carbonyl (C=O) groups excluding carboxylic acids is 1. The molecule has 1 amide bonds. The van der Waals surface area contributed by atoms with Crippen molar-refractivity contribution in [1.29, 1.82) is 0 Å². The van der Waals surface area contributed by atoms with E-state index in [1.54, 1.807) is 39.8 Å². The van der Waals surface area contributed by atoms with Crippen LogP contribution in [0, 0.1) is 11.8 Å². The number of amides is 1. The third kappa shape index (κ3) is 3.59. The van der Waals surface area contributed by atoms with Crippen molar-refractivity contribution in [2.75, 3.05) is 19.7 Å². The van der Waals surface area contributed by atoms with Crippen LogP contribution < -0.4 is 4.74 Å². The van der Waals surface area contributed by atoms with Crippen LogP contribution in [0.2, 0.25) is 0 Å². The molecule has 1 saturated carbocycles. The van der Waals surface area contributed by atoms with Gasteiger partial charge in [-0.1, -0.05) is 18.2 Å². The van der Waals surface area contributed by atoms with Crippen molar-refractivity contribution in [3.63, 3.8) is 0 Å². The van der Waals surface area contributed by atoms with Crippen LogP contribution in [0.5, 0.6) is 5.75 Å². The highest BCUT2D eigenvalue weighted by Gasteiger charge is 2.45. The SMILES string of the molecule is CCOc1ccc2nnc(C(=O)N3C[C@H]4C[C@H](c5ccccc5C(F)(F)F)C[C@H]4C3)n2c1. The molecule has 6 nitrogen and oxygen atoms in total. The number of pyridine rings is 1. The van der Waals surface area contributed by atoms with Crippen LogP contribution in [0.25, 0.3) is 5.65 Å². The molecule has 5 rings (SSSR count). The second kappa shape index (κ2) is 7.79. The predicted octanol–water partition coefficient (Wildman–Crippen LogP) is 4.41. The first-order valence-corrected chi connectivity index (χ1v) is 10.8. The van der Waals surface area contributed by atoms with E-state index in [1.165, 1.54) is 6.07 Å². The Bertz CT molecular complexity index is 1150. The van der Waals surface area contributed by atoms with Gasteiger partial charge in [-0.3, -0.25) is 9.20 Å². The molecule has 0 bridgehead atoms. The summed E-state index contributed by atoms with van der Waals surface area (Å²) in [7, 11) is 0. The zero-order valence-corrected chi connectivity index (χ0v) is 17.5. The largest absolute Gasteiger partial charge is 0.492 e. The molecule has 2 aliphatic rings. The number of carbonyl (C=O) groups is 1. The van der Waals surface area contributed by atoms with E-state index < -0.39 is 11.7 Å². The summed E-state index contributed by atoms with van der Waals surface area (Å²) in [6, 6.07) is 9.38. The zero-order chi connectivity index (χ0) is 22.5. The lowest BCUT2D eigenvalue weighted by molar-refractivity contribution is -0.138. The van der Waals surface area contributed by atoms with Gasteiger partial charge in [0.15, 0.2) is 5.65 Å². The summed E-state index contributed by atoms with van der Waals surface area (Å²) >= 11 is 0. The van der Waals surface area contributed by atoms with Crippen LogP contribution in [-0.2, 0) is 6.18 Å². The Hall–Kier alpha value is -3.10. The number of fused-ring (bicyclic) bond motifs is 2. The monoisotopic (exact) mass is 444 g/mol. The molecule has 32 heavy (non-hydrogen) atoms. The first-order chi connectivity index (χ1) is 15.3. The van der Waals surface area contributed by atoms with Crippen LogP contribution in [0.1, 0.15) is 47.4 Å². The Morgan fingerprint density at radius 1 is 1.09 bits per heavy atom. The summed E-state index contributed by atoms with van der Waals surface area (Å²) in [5.41, 5.74) is 0.386. The van der Waals surface area contributed by atoms with E-state index in [0.29, 0.717) is 49.5 Å². The van der Waals surface area contributed by atoms with E-state index in [2.05, 4.69) is 10.2 Å². The number of aromatic nitrogens is 3. The van der Waals surface area contributed by atoms with Gasteiger partial charge in [0, 0.05) is 13.1 Å². The summed E-state index contributed by atoms with van der Waals surface area (Å²) in [5.74, 6) is 0.862. The number of likely N-dealkylation sites (tertiary alicyclic amines) is 1. The summed E-state index contributed by atoms with van der Waals surface area (Å²) in [6.07, 6.45) is -1.36. The average Bonchev–Trinajstić information content (AvgIpc) is 3.46. The van der Waals surface area contributed by atoms with Crippen molar-refractivity contribution < 1.29 is 22.7 Å². The molecule has 0 N–H and O–H groups in total. The molecule has 1 aromatic carbocycles. The van der Waals surface area contributed by atoms with Gasteiger partial charge in [-0.25, -0.2) is 0 Å². The van der Waals surface area contributed by atoms with E-state index in [-0.39, 0.29) is 29.5 Å². The molecule has 0 spiro atoms. The standard InChI is InChI=1S/C23H23F3N4O2/c1-2-32-17-7-8-20-27-28-21(30(20)13-17)22(31)29-11-15-9-14(10-16(15)12-29)18-5-3-4-6-19(18)23(24,25)26/h3-8,13-16H,2,9-12H2,1H3/t14-,15+,16-. The third-order valence-electron chi connectivity index (χ3n) is 6.62. The van der Waals surface area contributed by atoms with E-state index in [9.17, 15) is 18.0 Å². The number of nitrogens with zero attached hydrogens (tertiary/aromatic N) is 4. The van der Waals surface area contributed by atoms with E-state index >= 15 is 0 Å². The van der Waals surface area contributed by atoms with E-state index in [1.807, 2.05) is 6.92 Å². The highest BCUT2D eigenvalue weighted by Crippen LogP contribution is 2.49. The number of ether oxygens (including phenoxy) is 1. The smallest absolute Gasteiger partial charge is 0.416 e. The molecule has 1 saturated heterocycles. The molecule has 1 aliphatic carbocycles. The minimum absolute atomic E-state index is 0.136. The summed E-state index contributed by atoms with van der Waals surface area (Å²) in [6.45, 7) is 3.43. The number of hydrogen-bond acceptors (Lipinski definition) is 4. The van der Waals surface area contributed by atoms with Crippen molar-refractivity contribution in [3.8, 4) is 5.75 Å². The Morgan fingerprint density at radius 2 is 1.81 bits per heavy atom. The minimum Gasteiger partial charge on any atom is -0.492 e. The Morgan fingerprint density at radius 3 is 2.50 bits per heavy atom. The zero-order valence-electron chi connectivity index (χ0n) is 17.5. The van der Waals surface area contributed by atoms with Crippen LogP contribution in [0.3, 0.4) is 0 Å². The molecular formula is C23H23F3N4O2. The normalized spacial score (nSPS) is 23.0. The summed E-state index contributed by atoms with van der Waals surface area (Å²) in [4.78, 5) is 14.9. The van der Waals surface area contributed by atoms with Crippen molar-refractivity contribution in [3.05, 3.63) is 59.5 Å². The molecule has 9 heteroatoms. The van der Waals surface area contributed by atoms with Crippen molar-refractivity contribution in [2.24, 2.45) is 11.8 Å². The molecule has 3 aromatic rings. The lowest BCUT2D eigenvalue weighted by atomic mass is 9.91. The summed E-state index contributed by atoms with van der Waals surface area (Å²) < 4.78 is 47.5. The average molecular weight is 444 g/mol. The number of alkyl halides is 3. The number of rotatable bonds is 4. The van der Waals surface area contributed by atoms with Gasteiger partial charge in [0.25, 0.3) is 5.91 Å². The minimum atomic E-state index is -4.36. The molecule has 3 heterocycles. The maximum absolute atomic E-state index is 13.4. The predicted molar refractivity (Wildman–Crippen MR) is 110 cm³/mol. The molecule has 0 radical (unpaired) electrons. The number of hydrogen-bond donors (Lipinski definition) is 0. The van der Waals surface area contributed by atoms with Gasteiger partial charge in [-0.15, -0.1) is 10.2 Å². The van der Waals surface area contributed by atoms with Gasteiger partial charge in [0.1, 0.15) is 5.75 Å². The van der Waals surface area contributed by atoms with Crippen LogP contribution in [0.4, 0.5) is 13.2 Å². The number of halogens is 3. The van der Waals surface area contributed by atoms with Crippen LogP contribution >= 0.6 is 0 Å². The fourth-order valence-corrected chi connectivity index (χ4v) is 5.24. The van der Waals surface area contributed by atoms with Crippen molar-refractivity contribution in [2.45, 2.75) is 31.9 Å². The van der Waals surface area contributed by atoms with Gasteiger partial charge in [0.05, 0.1) is 18.4 Å². The Balaban J connectivity index is 1.32. The maximum Gasteiger partial charge on any atom is 0.416 e. The summed E-state index contributed by atoms with van der Waals surface area (Å²) in [5, 5.41) is 8.15. The van der Waals surface area contributed by atoms with Crippen molar-refractivity contribution in [1.82, 2.24) is 19.5 Å². The maximum atomic E-state index is 13.4. The van der Waals surface area contributed by atoms with Gasteiger partial charge in [-0.05, 0) is 61.3 Å². The Labute approximate surface area is 183 Å². The van der Waals surface area contributed by atoms with Crippen LogP contribution in [-0.4, -0.2) is 45.1 Å². The third-order valence-corrected chi connectivity index (χ3v) is 6.62. The number of benzene rings is 1. The van der Waals surface area contributed by atoms with Gasteiger partial charge in [-0.2, -0.15) is 13.2 Å². The van der Waals surface area contributed by atoms with E-state index in [4.69, 9.17) is 4.74 Å². The lowest BCUT2D eigenvalue weighted by Crippen LogP contribution is -2.31. The first kappa shape index (κ1) is 20.8. The molecule has 2 aromatic heterocycles. The Kier molecular flexibility index (Phi) is 5.06. The fraction of sp³-hybridized carbons (Fsp3) is 0.435. The molecule has 0 unspecified atom stereocenters. The van der Waals surface area contributed by atoms with E-state index in [0.717, 1.165) is 6.07 Å². The molecular weight excluding hydrogens is 421 g/mol. The van der Waals surface area contributed by atoms with Gasteiger partial charge in [0.2, 0.25) is 5.82 Å². The highest BCUT2D eigenvalue weighted by atomic mass is 19.4. The fourth-order valence-electron chi connectivity index (χ4n) is 5.24. The molecule has 3 atom stereocenters. The molecule has 1 aliphatic heterocycles. The van der Waals surface area contributed by atoms with Gasteiger partial charge >= 0.3 is 6.18 Å². The van der Waals surface area contributed by atoms with Gasteiger partial charge < -0.3 is 9.64 Å². The molecule has 2 fully saturated rings. The topological polar surface area (TPSA) is 59.7 Å². The lowest BCUT2D eigenvalue weighted by Gasteiger charge is -2.21. The second-order valence-corrected chi connectivity index (χ2v) is 8.53. The highest BCUT2D eigenvalue weighted by molar-refractivity contribution is 5.91. The van der Waals surface area contributed by atoms with Crippen LogP contribution in [0.15, 0.2) is 42.6 Å². The quantitative estimate of drug-likeness (QED) is 0.598. The first-order valence-electron chi connectivity index (χ1n) is 10.8.